The highest BCUT2D eigenvalue weighted by Gasteiger charge is 2.14. The third-order valence-corrected chi connectivity index (χ3v) is 4.89. The van der Waals surface area contributed by atoms with Gasteiger partial charge in [0.15, 0.2) is 0 Å². The Kier molecular flexibility index (Phi) is 7.19. The van der Waals surface area contributed by atoms with Crippen LogP contribution in [0.5, 0.6) is 5.75 Å². The number of ether oxygens (including phenoxy) is 1. The highest BCUT2D eigenvalue weighted by molar-refractivity contribution is 8.00. The van der Waals surface area contributed by atoms with Crippen LogP contribution in [0.4, 0.5) is 5.69 Å². The van der Waals surface area contributed by atoms with Crippen molar-refractivity contribution < 1.29 is 9.53 Å². The highest BCUT2D eigenvalue weighted by atomic mass is 32.2. The first-order valence-electron chi connectivity index (χ1n) is 8.33. The largest absolute Gasteiger partial charge is 0.497 e. The molecule has 2 rings (SSSR count). The van der Waals surface area contributed by atoms with E-state index in [2.05, 4.69) is 24.4 Å². The number of anilines is 1. The van der Waals surface area contributed by atoms with Crippen LogP contribution in [0.3, 0.4) is 0 Å². The van der Waals surface area contributed by atoms with E-state index in [-0.39, 0.29) is 11.2 Å². The summed E-state index contributed by atoms with van der Waals surface area (Å²) in [4.78, 5) is 13.4. The molecule has 0 saturated heterocycles. The number of hydrogen-bond donors (Lipinski definition) is 1. The summed E-state index contributed by atoms with van der Waals surface area (Å²) in [5.74, 6) is 0.830. The second kappa shape index (κ2) is 9.38. The first-order valence-corrected chi connectivity index (χ1v) is 9.21. The van der Waals surface area contributed by atoms with Crippen LogP contribution in [0.25, 0.3) is 0 Å². The maximum absolute atomic E-state index is 12.3. The van der Waals surface area contributed by atoms with E-state index in [4.69, 9.17) is 4.74 Å². The van der Waals surface area contributed by atoms with E-state index in [1.54, 1.807) is 7.11 Å². The highest BCUT2D eigenvalue weighted by Crippen LogP contribution is 2.26. The molecule has 0 aromatic heterocycles. The third-order valence-electron chi connectivity index (χ3n) is 3.78. The van der Waals surface area contributed by atoms with Crippen molar-refractivity contribution >= 4 is 23.4 Å². The Bertz CT molecular complexity index is 638. The third kappa shape index (κ3) is 5.60. The van der Waals surface area contributed by atoms with Gasteiger partial charge in [-0.3, -0.25) is 4.79 Å². The summed E-state index contributed by atoms with van der Waals surface area (Å²) in [6.07, 6.45) is 3.48. The van der Waals surface area contributed by atoms with E-state index < -0.39 is 0 Å². The van der Waals surface area contributed by atoms with Crippen molar-refractivity contribution in [2.45, 2.75) is 43.3 Å². The van der Waals surface area contributed by atoms with Gasteiger partial charge in [0.25, 0.3) is 0 Å². The average Bonchev–Trinajstić information content (AvgIpc) is 2.61. The number of hydrogen-bond acceptors (Lipinski definition) is 3. The fourth-order valence-electron chi connectivity index (χ4n) is 2.29. The van der Waals surface area contributed by atoms with Crippen LogP contribution in [0.2, 0.25) is 0 Å². The molecule has 24 heavy (non-hydrogen) atoms. The molecule has 4 heteroatoms. The van der Waals surface area contributed by atoms with Crippen LogP contribution in [0.1, 0.15) is 32.3 Å². The molecule has 0 aliphatic rings. The molecule has 2 aromatic rings. The lowest BCUT2D eigenvalue weighted by molar-refractivity contribution is -0.115. The number of benzene rings is 2. The molecule has 0 bridgehead atoms. The molecule has 0 aliphatic heterocycles. The van der Waals surface area contributed by atoms with Gasteiger partial charge in [-0.1, -0.05) is 25.5 Å². The molecule has 0 unspecified atom stereocenters. The number of thioether (sulfide) groups is 1. The van der Waals surface area contributed by atoms with Crippen LogP contribution in [0, 0.1) is 0 Å². The van der Waals surface area contributed by atoms with Crippen molar-refractivity contribution in [3.05, 3.63) is 54.1 Å². The monoisotopic (exact) mass is 343 g/mol. The first kappa shape index (κ1) is 18.4. The molecule has 2 aromatic carbocycles. The predicted octanol–water partition coefficient (Wildman–Crippen LogP) is 5.16. The number of amides is 1. The maximum Gasteiger partial charge on any atom is 0.237 e. The van der Waals surface area contributed by atoms with Gasteiger partial charge in [-0.15, -0.1) is 11.8 Å². The minimum absolute atomic E-state index is 0.0112. The van der Waals surface area contributed by atoms with Gasteiger partial charge in [-0.05, 0) is 61.7 Å². The molecular weight excluding hydrogens is 318 g/mol. The number of methoxy groups -OCH3 is 1. The summed E-state index contributed by atoms with van der Waals surface area (Å²) in [5, 5.41) is 2.81. The Morgan fingerprint density at radius 3 is 2.38 bits per heavy atom. The predicted molar refractivity (Wildman–Crippen MR) is 102 cm³/mol. The zero-order chi connectivity index (χ0) is 17.4. The molecule has 1 atom stereocenters. The molecule has 0 radical (unpaired) electrons. The smallest absolute Gasteiger partial charge is 0.237 e. The van der Waals surface area contributed by atoms with E-state index in [0.29, 0.717) is 0 Å². The normalized spacial score (nSPS) is 11.8. The van der Waals surface area contributed by atoms with Gasteiger partial charge in [0.1, 0.15) is 5.75 Å². The molecular formula is C20H25NO2S. The van der Waals surface area contributed by atoms with Gasteiger partial charge >= 0.3 is 0 Å². The zero-order valence-corrected chi connectivity index (χ0v) is 15.4. The summed E-state index contributed by atoms with van der Waals surface area (Å²) in [6, 6.07) is 15.9. The van der Waals surface area contributed by atoms with Crippen LogP contribution in [-0.2, 0) is 11.2 Å². The number of aryl methyl sites for hydroxylation is 1. The van der Waals surface area contributed by atoms with Gasteiger partial charge < -0.3 is 10.1 Å². The van der Waals surface area contributed by atoms with Gasteiger partial charge in [-0.25, -0.2) is 0 Å². The van der Waals surface area contributed by atoms with Crippen molar-refractivity contribution in [1.82, 2.24) is 0 Å². The van der Waals surface area contributed by atoms with Crippen LogP contribution >= 0.6 is 11.8 Å². The van der Waals surface area contributed by atoms with E-state index in [1.165, 1.54) is 30.2 Å². The Morgan fingerprint density at radius 2 is 1.79 bits per heavy atom. The quantitative estimate of drug-likeness (QED) is 0.673. The molecule has 3 nitrogen and oxygen atoms in total. The SMILES string of the molecule is CCCCc1ccc(NC(=O)[C@@H](C)Sc2ccc(OC)cc2)cc1. The van der Waals surface area contributed by atoms with Gasteiger partial charge in [0.05, 0.1) is 12.4 Å². The van der Waals surface area contributed by atoms with E-state index in [0.717, 1.165) is 22.8 Å². The lowest BCUT2D eigenvalue weighted by atomic mass is 10.1. The average molecular weight is 343 g/mol. The molecule has 1 amide bonds. The van der Waals surface area contributed by atoms with Crippen molar-refractivity contribution in [2.24, 2.45) is 0 Å². The van der Waals surface area contributed by atoms with Crippen LogP contribution in [0.15, 0.2) is 53.4 Å². The number of nitrogens with one attached hydrogen (secondary N) is 1. The van der Waals surface area contributed by atoms with Gasteiger partial charge in [-0.2, -0.15) is 0 Å². The summed E-state index contributed by atoms with van der Waals surface area (Å²) in [5.41, 5.74) is 2.16. The van der Waals surface area contributed by atoms with E-state index >= 15 is 0 Å². The minimum atomic E-state index is -0.168. The second-order valence-electron chi connectivity index (χ2n) is 5.73. The molecule has 0 fully saturated rings. The lowest BCUT2D eigenvalue weighted by Gasteiger charge is -2.12. The molecule has 128 valence electrons. The Morgan fingerprint density at radius 1 is 1.12 bits per heavy atom. The number of carbonyl (C=O) groups is 1. The zero-order valence-electron chi connectivity index (χ0n) is 14.5. The summed E-state index contributed by atoms with van der Waals surface area (Å²) >= 11 is 1.54. The van der Waals surface area contributed by atoms with Gasteiger partial charge in [0.2, 0.25) is 5.91 Å². The maximum atomic E-state index is 12.3. The number of unbranched alkanes of at least 4 members (excludes halogenated alkanes) is 1. The van der Waals surface area contributed by atoms with Gasteiger partial charge in [0, 0.05) is 10.6 Å². The summed E-state index contributed by atoms with van der Waals surface area (Å²) in [7, 11) is 1.64. The number of rotatable bonds is 8. The minimum Gasteiger partial charge on any atom is -0.497 e. The lowest BCUT2D eigenvalue weighted by Crippen LogP contribution is -2.22. The topological polar surface area (TPSA) is 38.3 Å². The van der Waals surface area contributed by atoms with Crippen LogP contribution in [-0.4, -0.2) is 18.3 Å². The van der Waals surface area contributed by atoms with E-state index in [9.17, 15) is 4.79 Å². The molecule has 0 saturated carbocycles. The molecule has 1 N–H and O–H groups in total. The van der Waals surface area contributed by atoms with Crippen molar-refractivity contribution in [3.8, 4) is 5.75 Å². The number of carbonyl (C=O) groups excluding carboxylic acids is 1. The summed E-state index contributed by atoms with van der Waals surface area (Å²) in [6.45, 7) is 4.11. The Balaban J connectivity index is 1.88. The molecule has 0 spiro atoms. The van der Waals surface area contributed by atoms with Crippen molar-refractivity contribution in [2.75, 3.05) is 12.4 Å². The fraction of sp³-hybridized carbons (Fsp3) is 0.350. The van der Waals surface area contributed by atoms with E-state index in [1.807, 2.05) is 43.3 Å². The first-order chi connectivity index (χ1) is 11.6. The standard InChI is InChI=1S/C20H25NO2S/c1-4-5-6-16-7-9-17(10-8-16)21-20(22)15(2)24-19-13-11-18(23-3)12-14-19/h7-15H,4-6H2,1-3H3,(H,21,22)/t15-/m1/s1. The molecule has 0 heterocycles. The molecule has 0 aliphatic carbocycles. The van der Waals surface area contributed by atoms with Crippen LogP contribution < -0.4 is 10.1 Å². The second-order valence-corrected chi connectivity index (χ2v) is 7.14. The summed E-state index contributed by atoms with van der Waals surface area (Å²) < 4.78 is 5.15. The fourth-order valence-corrected chi connectivity index (χ4v) is 3.16. The van der Waals surface area contributed by atoms with Crippen molar-refractivity contribution in [1.29, 1.82) is 0 Å². The van der Waals surface area contributed by atoms with Crippen molar-refractivity contribution in [3.63, 3.8) is 0 Å². The Labute approximate surface area is 148 Å². The Hall–Kier alpha value is -1.94.